The normalized spacial score (nSPS) is 10.6. The van der Waals surface area contributed by atoms with Crippen LogP contribution in [0.3, 0.4) is 0 Å². The Kier molecular flexibility index (Phi) is 4.24. The van der Waals surface area contributed by atoms with Gasteiger partial charge in [-0.1, -0.05) is 51.3 Å². The quantitative estimate of drug-likeness (QED) is 0.519. The average Bonchev–Trinajstić information content (AvgIpc) is 2.48. The molecule has 0 saturated carbocycles. The lowest BCUT2D eigenvalue weighted by Crippen LogP contribution is -1.93. The smallest absolute Gasteiger partial charge is 0.161 e. The van der Waals surface area contributed by atoms with E-state index in [1.165, 1.54) is 0 Å². The van der Waals surface area contributed by atoms with Crippen LogP contribution < -0.4 is 0 Å². The minimum Gasteiger partial charge on any atom is -0.228 e. The molecule has 1 heterocycles. The Morgan fingerprint density at radius 2 is 1.38 bits per heavy atom. The first-order chi connectivity index (χ1) is 10.1. The van der Waals surface area contributed by atoms with Crippen LogP contribution in [0.4, 0.5) is 0 Å². The van der Waals surface area contributed by atoms with Gasteiger partial charge in [-0.15, -0.1) is 0 Å². The highest BCUT2D eigenvalue weighted by atomic mass is 79.9. The Morgan fingerprint density at radius 3 is 2.05 bits per heavy atom. The predicted molar refractivity (Wildman–Crippen MR) is 90.6 cm³/mol. The van der Waals surface area contributed by atoms with Crippen LogP contribution in [-0.4, -0.2) is 9.97 Å². The maximum absolute atomic E-state index is 6.13. The molecule has 5 heteroatoms. The van der Waals surface area contributed by atoms with Gasteiger partial charge >= 0.3 is 0 Å². The molecule has 0 aliphatic carbocycles. The van der Waals surface area contributed by atoms with Crippen LogP contribution in [0.25, 0.3) is 22.6 Å². The van der Waals surface area contributed by atoms with Crippen LogP contribution in [0.15, 0.2) is 59.1 Å². The Hall–Kier alpha value is -1.42. The van der Waals surface area contributed by atoms with Crippen molar-refractivity contribution >= 4 is 39.1 Å². The highest BCUT2D eigenvalue weighted by Crippen LogP contribution is 2.26. The van der Waals surface area contributed by atoms with Crippen molar-refractivity contribution in [2.24, 2.45) is 0 Å². The second-order valence-corrected chi connectivity index (χ2v) is 6.15. The van der Waals surface area contributed by atoms with Crippen molar-refractivity contribution in [3.63, 3.8) is 0 Å². The summed E-state index contributed by atoms with van der Waals surface area (Å²) in [6, 6.07) is 17.0. The second kappa shape index (κ2) is 6.14. The molecule has 0 saturated heterocycles. The molecule has 0 radical (unpaired) electrons. The van der Waals surface area contributed by atoms with E-state index in [1.807, 2.05) is 36.4 Å². The number of halogens is 3. The first-order valence-electron chi connectivity index (χ1n) is 6.18. The summed E-state index contributed by atoms with van der Waals surface area (Å²) in [5.41, 5.74) is 2.64. The van der Waals surface area contributed by atoms with Gasteiger partial charge in [-0.05, 0) is 36.4 Å². The molecule has 2 aromatic carbocycles. The number of hydrogen-bond donors (Lipinski definition) is 0. The minimum atomic E-state index is 0.410. The number of nitrogens with zero attached hydrogens (tertiary/aromatic N) is 2. The van der Waals surface area contributed by atoms with Gasteiger partial charge in [-0.3, -0.25) is 0 Å². The summed E-state index contributed by atoms with van der Waals surface area (Å²) >= 11 is 15.4. The van der Waals surface area contributed by atoms with E-state index in [9.17, 15) is 0 Å². The molecule has 0 aliphatic heterocycles. The van der Waals surface area contributed by atoms with Crippen LogP contribution in [0.2, 0.25) is 10.2 Å². The number of rotatable bonds is 2. The maximum atomic E-state index is 6.13. The van der Waals surface area contributed by atoms with Crippen molar-refractivity contribution in [2.75, 3.05) is 0 Å². The van der Waals surface area contributed by atoms with E-state index in [2.05, 4.69) is 25.9 Å². The van der Waals surface area contributed by atoms with Crippen LogP contribution in [0, 0.1) is 0 Å². The zero-order valence-corrected chi connectivity index (χ0v) is 13.8. The molecule has 104 valence electrons. The zero-order chi connectivity index (χ0) is 14.8. The van der Waals surface area contributed by atoms with Gasteiger partial charge in [0.1, 0.15) is 5.15 Å². The third-order valence-corrected chi connectivity index (χ3v) is 3.91. The van der Waals surface area contributed by atoms with Gasteiger partial charge in [0, 0.05) is 26.7 Å². The van der Waals surface area contributed by atoms with Crippen molar-refractivity contribution in [3.8, 4) is 22.6 Å². The van der Waals surface area contributed by atoms with Crippen LogP contribution in [0.1, 0.15) is 0 Å². The van der Waals surface area contributed by atoms with Crippen molar-refractivity contribution in [2.45, 2.75) is 0 Å². The topological polar surface area (TPSA) is 25.8 Å². The van der Waals surface area contributed by atoms with Gasteiger partial charge in [0.25, 0.3) is 0 Å². The molecule has 0 unspecified atom stereocenters. The van der Waals surface area contributed by atoms with Gasteiger partial charge in [-0.25, -0.2) is 9.97 Å². The molecule has 0 aliphatic rings. The van der Waals surface area contributed by atoms with E-state index in [0.717, 1.165) is 21.3 Å². The number of benzene rings is 2. The summed E-state index contributed by atoms with van der Waals surface area (Å²) in [7, 11) is 0. The van der Waals surface area contributed by atoms with Gasteiger partial charge in [-0.2, -0.15) is 0 Å². The van der Waals surface area contributed by atoms with Gasteiger partial charge < -0.3 is 0 Å². The molecule has 0 amide bonds. The fourth-order valence-electron chi connectivity index (χ4n) is 1.91. The average molecular weight is 380 g/mol. The third kappa shape index (κ3) is 3.43. The lowest BCUT2D eigenvalue weighted by atomic mass is 10.1. The summed E-state index contributed by atoms with van der Waals surface area (Å²) in [5, 5.41) is 1.08. The minimum absolute atomic E-state index is 0.410. The van der Waals surface area contributed by atoms with Crippen molar-refractivity contribution in [1.82, 2.24) is 9.97 Å². The lowest BCUT2D eigenvalue weighted by Gasteiger charge is -2.06. The molecule has 0 atom stereocenters. The van der Waals surface area contributed by atoms with E-state index < -0.39 is 0 Å². The highest BCUT2D eigenvalue weighted by molar-refractivity contribution is 9.10. The standard InChI is InChI=1S/C16H9BrCl2N2/c17-12-5-1-10(2-6-12)14-9-15(19)21-16(20-14)11-3-7-13(18)8-4-11/h1-9H. The van der Waals surface area contributed by atoms with Gasteiger partial charge in [0.15, 0.2) is 5.82 Å². The monoisotopic (exact) mass is 378 g/mol. The fourth-order valence-corrected chi connectivity index (χ4v) is 2.49. The Bertz CT molecular complexity index is 708. The van der Waals surface area contributed by atoms with Crippen LogP contribution >= 0.6 is 39.1 Å². The van der Waals surface area contributed by atoms with E-state index in [1.54, 1.807) is 18.2 Å². The van der Waals surface area contributed by atoms with Crippen molar-refractivity contribution < 1.29 is 0 Å². The fraction of sp³-hybridized carbons (Fsp3) is 0. The van der Waals surface area contributed by atoms with E-state index in [0.29, 0.717) is 16.0 Å². The third-order valence-electron chi connectivity index (χ3n) is 2.94. The first kappa shape index (κ1) is 14.5. The summed E-state index contributed by atoms with van der Waals surface area (Å²) in [6.07, 6.45) is 0. The van der Waals surface area contributed by atoms with Crippen molar-refractivity contribution in [3.05, 3.63) is 69.2 Å². The second-order valence-electron chi connectivity index (χ2n) is 4.41. The predicted octanol–water partition coefficient (Wildman–Crippen LogP) is 5.88. The summed E-state index contributed by atoms with van der Waals surface area (Å²) in [5.74, 6) is 0.581. The molecule has 2 nitrogen and oxygen atoms in total. The lowest BCUT2D eigenvalue weighted by molar-refractivity contribution is 1.18. The van der Waals surface area contributed by atoms with Crippen LogP contribution in [0.5, 0.6) is 0 Å². The highest BCUT2D eigenvalue weighted by Gasteiger charge is 2.08. The van der Waals surface area contributed by atoms with E-state index >= 15 is 0 Å². The van der Waals surface area contributed by atoms with E-state index in [-0.39, 0.29) is 0 Å². The molecule has 3 aromatic rings. The van der Waals surface area contributed by atoms with Crippen LogP contribution in [-0.2, 0) is 0 Å². The largest absolute Gasteiger partial charge is 0.228 e. The van der Waals surface area contributed by atoms with Gasteiger partial charge in [0.05, 0.1) is 5.69 Å². The Labute approximate surface area is 140 Å². The first-order valence-corrected chi connectivity index (χ1v) is 7.73. The van der Waals surface area contributed by atoms with E-state index in [4.69, 9.17) is 23.2 Å². The zero-order valence-electron chi connectivity index (χ0n) is 10.7. The Balaban J connectivity index is 2.07. The van der Waals surface area contributed by atoms with Gasteiger partial charge in [0.2, 0.25) is 0 Å². The van der Waals surface area contributed by atoms with Crippen molar-refractivity contribution in [1.29, 1.82) is 0 Å². The molecule has 0 N–H and O–H groups in total. The molecule has 3 rings (SSSR count). The molecular weight excluding hydrogens is 371 g/mol. The molecule has 1 aromatic heterocycles. The Morgan fingerprint density at radius 1 is 0.762 bits per heavy atom. The summed E-state index contributed by atoms with van der Waals surface area (Å²) in [6.45, 7) is 0. The molecule has 0 fully saturated rings. The molecule has 21 heavy (non-hydrogen) atoms. The summed E-state index contributed by atoms with van der Waals surface area (Å²) in [4.78, 5) is 8.86. The molecular formula is C16H9BrCl2N2. The number of aromatic nitrogens is 2. The maximum Gasteiger partial charge on any atom is 0.161 e. The molecule has 0 spiro atoms. The molecule has 0 bridgehead atoms. The summed E-state index contributed by atoms with van der Waals surface area (Å²) < 4.78 is 1.02. The SMILES string of the molecule is Clc1ccc(-c2nc(Cl)cc(-c3ccc(Br)cc3)n2)cc1. The number of hydrogen-bond acceptors (Lipinski definition) is 2.